The first-order chi connectivity index (χ1) is 11.5. The number of nitrogens with one attached hydrogen (secondary N) is 1. The maximum absolute atomic E-state index is 12.1. The summed E-state index contributed by atoms with van der Waals surface area (Å²) in [5.41, 5.74) is 9.02. The second-order valence-electron chi connectivity index (χ2n) is 6.07. The van der Waals surface area contributed by atoms with Crippen LogP contribution in [0.1, 0.15) is 37.4 Å². The van der Waals surface area contributed by atoms with Gasteiger partial charge in [-0.25, -0.2) is 4.98 Å². The van der Waals surface area contributed by atoms with E-state index < -0.39 is 0 Å². The third-order valence-corrected chi connectivity index (χ3v) is 4.29. The first-order valence-corrected chi connectivity index (χ1v) is 7.88. The van der Waals surface area contributed by atoms with Gasteiger partial charge in [0, 0.05) is 24.2 Å². The quantitative estimate of drug-likeness (QED) is 0.835. The van der Waals surface area contributed by atoms with Crippen LogP contribution in [0.25, 0.3) is 0 Å². The first kappa shape index (κ1) is 15.9. The standard InChI is InChI=1S/C19H20N4O/c1-4-14-5-7-18-16(10-14)17(9-12(2)23(18)13(3)24)22-19-8-6-15(20)11-21-19/h1,5-8,10-12,17H,9,20H2,2-3H3,(H,21,22)/t12-,17+/m0/s1. The number of pyridine rings is 1. The number of benzene rings is 1. The molecule has 2 heterocycles. The Morgan fingerprint density at radius 3 is 2.83 bits per heavy atom. The summed E-state index contributed by atoms with van der Waals surface area (Å²) in [7, 11) is 0. The second-order valence-corrected chi connectivity index (χ2v) is 6.07. The summed E-state index contributed by atoms with van der Waals surface area (Å²) in [6, 6.07) is 9.52. The van der Waals surface area contributed by atoms with Crippen molar-refractivity contribution in [2.24, 2.45) is 0 Å². The van der Waals surface area contributed by atoms with Crippen LogP contribution >= 0.6 is 0 Å². The SMILES string of the molecule is C#Cc1ccc2c(c1)[C@H](Nc1ccc(N)cn1)C[C@H](C)N2C(C)=O. The average Bonchev–Trinajstić information content (AvgIpc) is 2.56. The van der Waals surface area contributed by atoms with Crippen LogP contribution in [0.3, 0.4) is 0 Å². The van der Waals surface area contributed by atoms with Gasteiger partial charge in [-0.2, -0.15) is 0 Å². The summed E-state index contributed by atoms with van der Waals surface area (Å²) in [4.78, 5) is 18.2. The number of nitrogens with zero attached hydrogens (tertiary/aromatic N) is 2. The topological polar surface area (TPSA) is 71.2 Å². The second kappa shape index (κ2) is 6.25. The molecule has 0 aliphatic carbocycles. The van der Waals surface area contributed by atoms with E-state index in [1.807, 2.05) is 42.2 Å². The van der Waals surface area contributed by atoms with Crippen molar-refractivity contribution in [3.8, 4) is 12.3 Å². The van der Waals surface area contributed by atoms with Gasteiger partial charge in [0.25, 0.3) is 0 Å². The van der Waals surface area contributed by atoms with Crippen LogP contribution in [0.2, 0.25) is 0 Å². The minimum absolute atomic E-state index is 0.0232. The number of hydrogen-bond donors (Lipinski definition) is 2. The van der Waals surface area contributed by atoms with E-state index in [9.17, 15) is 4.79 Å². The van der Waals surface area contributed by atoms with Crippen LogP contribution in [0.5, 0.6) is 0 Å². The van der Waals surface area contributed by atoms with E-state index in [4.69, 9.17) is 12.2 Å². The maximum Gasteiger partial charge on any atom is 0.224 e. The molecule has 0 spiro atoms. The first-order valence-electron chi connectivity index (χ1n) is 7.88. The zero-order valence-corrected chi connectivity index (χ0v) is 13.8. The van der Waals surface area contributed by atoms with Crippen LogP contribution in [0.4, 0.5) is 17.2 Å². The Morgan fingerprint density at radius 1 is 1.42 bits per heavy atom. The molecule has 0 saturated heterocycles. The summed E-state index contributed by atoms with van der Waals surface area (Å²) < 4.78 is 0. The summed E-state index contributed by atoms with van der Waals surface area (Å²) in [6.07, 6.45) is 7.93. The van der Waals surface area contributed by atoms with Gasteiger partial charge in [-0.15, -0.1) is 6.42 Å². The van der Waals surface area contributed by atoms with Gasteiger partial charge in [-0.1, -0.05) is 5.92 Å². The van der Waals surface area contributed by atoms with Crippen molar-refractivity contribution in [2.75, 3.05) is 16.0 Å². The van der Waals surface area contributed by atoms with Gasteiger partial charge in [0.2, 0.25) is 5.91 Å². The fourth-order valence-electron chi connectivity index (χ4n) is 3.24. The predicted octanol–water partition coefficient (Wildman–Crippen LogP) is 2.94. The molecule has 0 radical (unpaired) electrons. The lowest BCUT2D eigenvalue weighted by atomic mass is 9.90. The fourth-order valence-corrected chi connectivity index (χ4v) is 3.24. The van der Waals surface area contributed by atoms with Gasteiger partial charge in [-0.05, 0) is 49.2 Å². The smallest absolute Gasteiger partial charge is 0.224 e. The Morgan fingerprint density at radius 2 is 2.21 bits per heavy atom. The number of aromatic nitrogens is 1. The number of nitrogen functional groups attached to an aromatic ring is 1. The Kier molecular flexibility index (Phi) is 4.13. The highest BCUT2D eigenvalue weighted by atomic mass is 16.2. The van der Waals surface area contributed by atoms with Crippen molar-refractivity contribution in [3.05, 3.63) is 47.7 Å². The molecule has 3 N–H and O–H groups in total. The fraction of sp³-hybridized carbons (Fsp3) is 0.263. The molecule has 1 aliphatic rings. The van der Waals surface area contributed by atoms with Crippen LogP contribution in [0, 0.1) is 12.3 Å². The van der Waals surface area contributed by atoms with Gasteiger partial charge in [0.05, 0.1) is 17.9 Å². The number of fused-ring (bicyclic) bond motifs is 1. The van der Waals surface area contributed by atoms with Gasteiger partial charge in [0.15, 0.2) is 0 Å². The number of terminal acetylenes is 1. The molecule has 0 saturated carbocycles. The summed E-state index contributed by atoms with van der Waals surface area (Å²) >= 11 is 0. The van der Waals surface area contributed by atoms with Crippen molar-refractivity contribution in [2.45, 2.75) is 32.4 Å². The Hall–Kier alpha value is -3.00. The van der Waals surface area contributed by atoms with Crippen molar-refractivity contribution >= 4 is 23.1 Å². The van der Waals surface area contributed by atoms with Gasteiger partial charge >= 0.3 is 0 Å². The number of anilines is 3. The number of carbonyl (C=O) groups is 1. The van der Waals surface area contributed by atoms with E-state index >= 15 is 0 Å². The molecule has 5 nitrogen and oxygen atoms in total. The van der Waals surface area contributed by atoms with Gasteiger partial charge < -0.3 is 16.0 Å². The molecule has 1 aromatic heterocycles. The van der Waals surface area contributed by atoms with Crippen LogP contribution in [0.15, 0.2) is 36.5 Å². The minimum Gasteiger partial charge on any atom is -0.397 e. The zero-order valence-electron chi connectivity index (χ0n) is 13.8. The Bertz CT molecular complexity index is 807. The highest BCUT2D eigenvalue weighted by Gasteiger charge is 2.32. The van der Waals surface area contributed by atoms with E-state index in [0.717, 1.165) is 29.1 Å². The molecule has 5 heteroatoms. The predicted molar refractivity (Wildman–Crippen MR) is 96.6 cm³/mol. The largest absolute Gasteiger partial charge is 0.397 e. The molecular weight excluding hydrogens is 300 g/mol. The van der Waals surface area contributed by atoms with Crippen LogP contribution in [-0.2, 0) is 4.79 Å². The monoisotopic (exact) mass is 320 g/mol. The molecule has 1 amide bonds. The summed E-state index contributed by atoms with van der Waals surface area (Å²) in [5, 5.41) is 3.43. The van der Waals surface area contributed by atoms with Gasteiger partial charge in [0.1, 0.15) is 5.82 Å². The number of hydrogen-bond acceptors (Lipinski definition) is 4. The summed E-state index contributed by atoms with van der Waals surface area (Å²) in [6.45, 7) is 3.63. The normalized spacial score (nSPS) is 19.3. The Labute approximate surface area is 141 Å². The highest BCUT2D eigenvalue weighted by Crippen LogP contribution is 2.39. The molecule has 1 aromatic carbocycles. The van der Waals surface area contributed by atoms with E-state index in [2.05, 4.69) is 16.2 Å². The lowest BCUT2D eigenvalue weighted by Gasteiger charge is -2.39. The Balaban J connectivity index is 2.01. The minimum atomic E-state index is 0.0232. The molecule has 2 atom stereocenters. The molecule has 0 bridgehead atoms. The van der Waals surface area contributed by atoms with E-state index in [1.165, 1.54) is 0 Å². The van der Waals surface area contributed by atoms with E-state index in [0.29, 0.717) is 5.69 Å². The third-order valence-electron chi connectivity index (χ3n) is 4.29. The highest BCUT2D eigenvalue weighted by molar-refractivity contribution is 5.94. The average molecular weight is 320 g/mol. The number of nitrogens with two attached hydrogens (primary N) is 1. The molecule has 3 rings (SSSR count). The number of carbonyl (C=O) groups excluding carboxylic acids is 1. The molecular formula is C19H20N4O. The van der Waals surface area contributed by atoms with E-state index in [-0.39, 0.29) is 18.0 Å². The third kappa shape index (κ3) is 2.91. The lowest BCUT2D eigenvalue weighted by molar-refractivity contribution is -0.117. The molecule has 0 fully saturated rings. The van der Waals surface area contributed by atoms with Crippen molar-refractivity contribution < 1.29 is 4.79 Å². The van der Waals surface area contributed by atoms with Crippen LogP contribution in [-0.4, -0.2) is 16.9 Å². The lowest BCUT2D eigenvalue weighted by Crippen LogP contribution is -2.43. The van der Waals surface area contributed by atoms with Gasteiger partial charge in [-0.3, -0.25) is 4.79 Å². The number of rotatable bonds is 2. The van der Waals surface area contributed by atoms with Crippen molar-refractivity contribution in [3.63, 3.8) is 0 Å². The van der Waals surface area contributed by atoms with Crippen molar-refractivity contribution in [1.29, 1.82) is 0 Å². The zero-order chi connectivity index (χ0) is 17.3. The molecule has 24 heavy (non-hydrogen) atoms. The molecule has 2 aromatic rings. The maximum atomic E-state index is 12.1. The molecule has 122 valence electrons. The van der Waals surface area contributed by atoms with E-state index in [1.54, 1.807) is 13.1 Å². The van der Waals surface area contributed by atoms with Crippen molar-refractivity contribution in [1.82, 2.24) is 4.98 Å². The molecule has 0 unspecified atom stereocenters. The van der Waals surface area contributed by atoms with Crippen LogP contribution < -0.4 is 16.0 Å². The number of amides is 1. The summed E-state index contributed by atoms with van der Waals surface area (Å²) in [5.74, 6) is 3.43. The molecule has 1 aliphatic heterocycles.